The van der Waals surface area contributed by atoms with Crippen molar-refractivity contribution in [1.82, 2.24) is 0 Å². The zero-order chi connectivity index (χ0) is 10.8. The van der Waals surface area contributed by atoms with Crippen LogP contribution < -0.4 is 0 Å². The van der Waals surface area contributed by atoms with Crippen molar-refractivity contribution in [2.45, 2.75) is 0 Å². The van der Waals surface area contributed by atoms with Crippen LogP contribution in [0.2, 0.25) is 0 Å². The number of nitrogens with zero attached hydrogens (tertiary/aromatic N) is 2. The van der Waals surface area contributed by atoms with Crippen molar-refractivity contribution in [2.24, 2.45) is 9.98 Å². The normalized spacial score (nSPS) is 12.5. The van der Waals surface area contributed by atoms with Crippen LogP contribution in [-0.2, 0) is 0 Å². The van der Waals surface area contributed by atoms with Crippen LogP contribution in [-0.4, -0.2) is 12.4 Å². The molecule has 2 aromatic carbocycles. The van der Waals surface area contributed by atoms with Gasteiger partial charge in [0.05, 0.1) is 11.4 Å². The second-order valence-electron chi connectivity index (χ2n) is 3.59. The lowest BCUT2D eigenvalue weighted by atomic mass is 10.0. The molecule has 0 N–H and O–H groups in total. The fraction of sp³-hybridized carbons (Fsp3) is 0. The molecule has 1 aliphatic heterocycles. The van der Waals surface area contributed by atoms with Gasteiger partial charge in [0.15, 0.2) is 0 Å². The first-order chi connectivity index (χ1) is 7.95. The summed E-state index contributed by atoms with van der Waals surface area (Å²) in [4.78, 5) is 8.74. The summed E-state index contributed by atoms with van der Waals surface area (Å²) in [5, 5.41) is 0. The van der Waals surface area contributed by atoms with Crippen molar-refractivity contribution in [1.29, 1.82) is 0 Å². The van der Waals surface area contributed by atoms with Gasteiger partial charge in [-0.3, -0.25) is 9.98 Å². The number of aliphatic imine (C=N–C) groups is 2. The molecule has 2 nitrogen and oxygen atoms in total. The molecule has 1 aliphatic rings. The van der Waals surface area contributed by atoms with E-state index >= 15 is 0 Å². The van der Waals surface area contributed by atoms with Crippen LogP contribution in [0.4, 0.5) is 11.4 Å². The van der Waals surface area contributed by atoms with Gasteiger partial charge in [0, 0.05) is 23.6 Å². The van der Waals surface area contributed by atoms with Crippen LogP contribution in [0.3, 0.4) is 0 Å². The SMILES string of the molecule is C1=Nc2ccccc2-c2ccccc2N=C1. The van der Waals surface area contributed by atoms with Crippen LogP contribution in [0.15, 0.2) is 58.5 Å². The fourth-order valence-electron chi connectivity index (χ4n) is 1.86. The number of fused-ring (bicyclic) bond motifs is 3. The Kier molecular flexibility index (Phi) is 2.11. The van der Waals surface area contributed by atoms with Crippen LogP contribution in [0.25, 0.3) is 11.1 Å². The fourth-order valence-corrected chi connectivity index (χ4v) is 1.86. The molecule has 1 heterocycles. The van der Waals surface area contributed by atoms with E-state index < -0.39 is 0 Å². The molecule has 16 heavy (non-hydrogen) atoms. The third-order valence-corrected chi connectivity index (χ3v) is 2.59. The molecule has 0 saturated heterocycles. The van der Waals surface area contributed by atoms with E-state index in [0.29, 0.717) is 0 Å². The standard InChI is InChI=1S/C14H10N2/c1-3-7-13-11(5-1)12-6-2-4-8-14(12)16-10-9-15-13/h1-10H. The number of benzene rings is 2. The summed E-state index contributed by atoms with van der Waals surface area (Å²) in [6.07, 6.45) is 3.46. The molecule has 0 atom stereocenters. The highest BCUT2D eigenvalue weighted by Crippen LogP contribution is 2.36. The highest BCUT2D eigenvalue weighted by molar-refractivity contribution is 6.18. The lowest BCUT2D eigenvalue weighted by Gasteiger charge is -2.09. The number of hydrogen-bond acceptors (Lipinski definition) is 2. The Morgan fingerprint density at radius 2 is 1.00 bits per heavy atom. The molecular formula is C14H10N2. The molecule has 0 fully saturated rings. The molecule has 0 bridgehead atoms. The number of para-hydroxylation sites is 2. The molecule has 0 amide bonds. The van der Waals surface area contributed by atoms with Gasteiger partial charge in [0.1, 0.15) is 0 Å². The quantitative estimate of drug-likeness (QED) is 0.626. The van der Waals surface area contributed by atoms with E-state index in [0.717, 1.165) is 22.5 Å². The van der Waals surface area contributed by atoms with E-state index in [2.05, 4.69) is 22.1 Å². The molecule has 0 spiro atoms. The molecular weight excluding hydrogens is 196 g/mol. The van der Waals surface area contributed by atoms with Crippen molar-refractivity contribution >= 4 is 23.8 Å². The summed E-state index contributed by atoms with van der Waals surface area (Å²) in [5.74, 6) is 0. The summed E-state index contributed by atoms with van der Waals surface area (Å²) in [6.45, 7) is 0. The largest absolute Gasteiger partial charge is 0.255 e. The second kappa shape index (κ2) is 3.74. The topological polar surface area (TPSA) is 24.7 Å². The van der Waals surface area contributed by atoms with Crippen LogP contribution in [0.5, 0.6) is 0 Å². The Labute approximate surface area is 94.0 Å². The minimum atomic E-state index is 0.987. The lowest BCUT2D eigenvalue weighted by molar-refractivity contribution is 1.47. The Balaban J connectivity index is 2.34. The maximum atomic E-state index is 4.37. The van der Waals surface area contributed by atoms with Gasteiger partial charge >= 0.3 is 0 Å². The zero-order valence-corrected chi connectivity index (χ0v) is 8.67. The van der Waals surface area contributed by atoms with Gasteiger partial charge < -0.3 is 0 Å². The van der Waals surface area contributed by atoms with Crippen molar-refractivity contribution < 1.29 is 0 Å². The first-order valence-corrected chi connectivity index (χ1v) is 5.20. The van der Waals surface area contributed by atoms with E-state index in [9.17, 15) is 0 Å². The Morgan fingerprint density at radius 1 is 0.562 bits per heavy atom. The second-order valence-corrected chi connectivity index (χ2v) is 3.59. The minimum Gasteiger partial charge on any atom is -0.255 e. The third kappa shape index (κ3) is 1.44. The Morgan fingerprint density at radius 3 is 1.50 bits per heavy atom. The molecule has 76 valence electrons. The smallest absolute Gasteiger partial charge is 0.0709 e. The molecule has 0 aliphatic carbocycles. The van der Waals surface area contributed by atoms with Crippen molar-refractivity contribution in [2.75, 3.05) is 0 Å². The molecule has 0 radical (unpaired) electrons. The molecule has 0 aromatic heterocycles. The predicted octanol–water partition coefficient (Wildman–Crippen LogP) is 3.77. The summed E-state index contributed by atoms with van der Waals surface area (Å²) in [7, 11) is 0. The summed E-state index contributed by atoms with van der Waals surface area (Å²) in [5.41, 5.74) is 4.24. The maximum absolute atomic E-state index is 4.37. The summed E-state index contributed by atoms with van der Waals surface area (Å²) >= 11 is 0. The predicted molar refractivity (Wildman–Crippen MR) is 68.2 cm³/mol. The summed E-state index contributed by atoms with van der Waals surface area (Å²) < 4.78 is 0. The average Bonchev–Trinajstić information content (AvgIpc) is 2.33. The van der Waals surface area contributed by atoms with Crippen LogP contribution in [0.1, 0.15) is 0 Å². The zero-order valence-electron chi connectivity index (χ0n) is 8.67. The van der Waals surface area contributed by atoms with Crippen LogP contribution >= 0.6 is 0 Å². The molecule has 3 rings (SSSR count). The minimum absolute atomic E-state index is 0.987. The van der Waals surface area contributed by atoms with Gasteiger partial charge in [-0.2, -0.15) is 0 Å². The van der Waals surface area contributed by atoms with Crippen molar-refractivity contribution in [3.63, 3.8) is 0 Å². The monoisotopic (exact) mass is 206 g/mol. The number of rotatable bonds is 0. The van der Waals surface area contributed by atoms with Gasteiger partial charge in [-0.15, -0.1) is 0 Å². The van der Waals surface area contributed by atoms with E-state index in [1.54, 1.807) is 12.4 Å². The average molecular weight is 206 g/mol. The van der Waals surface area contributed by atoms with Crippen LogP contribution in [0, 0.1) is 0 Å². The van der Waals surface area contributed by atoms with Crippen molar-refractivity contribution in [3.05, 3.63) is 48.5 Å². The molecule has 2 aromatic rings. The van der Waals surface area contributed by atoms with Gasteiger partial charge in [-0.1, -0.05) is 36.4 Å². The lowest BCUT2D eigenvalue weighted by Crippen LogP contribution is -1.85. The Hall–Kier alpha value is -2.22. The van der Waals surface area contributed by atoms with E-state index in [1.165, 1.54) is 0 Å². The first-order valence-electron chi connectivity index (χ1n) is 5.20. The van der Waals surface area contributed by atoms with Gasteiger partial charge in [0.25, 0.3) is 0 Å². The number of hydrogen-bond donors (Lipinski definition) is 0. The third-order valence-electron chi connectivity index (χ3n) is 2.59. The summed E-state index contributed by atoms with van der Waals surface area (Å²) in [6, 6.07) is 16.2. The first kappa shape index (κ1) is 9.04. The Bertz CT molecular complexity index is 529. The van der Waals surface area contributed by atoms with E-state index in [1.807, 2.05) is 36.4 Å². The molecule has 0 unspecified atom stereocenters. The van der Waals surface area contributed by atoms with E-state index in [4.69, 9.17) is 0 Å². The highest BCUT2D eigenvalue weighted by atomic mass is 14.8. The van der Waals surface area contributed by atoms with Gasteiger partial charge in [-0.05, 0) is 12.1 Å². The van der Waals surface area contributed by atoms with Gasteiger partial charge in [-0.25, -0.2) is 0 Å². The molecule has 0 saturated carbocycles. The molecule has 2 heteroatoms. The van der Waals surface area contributed by atoms with E-state index in [-0.39, 0.29) is 0 Å². The maximum Gasteiger partial charge on any atom is 0.0709 e. The highest BCUT2D eigenvalue weighted by Gasteiger charge is 2.08. The van der Waals surface area contributed by atoms with Gasteiger partial charge in [0.2, 0.25) is 0 Å². The van der Waals surface area contributed by atoms with Crippen molar-refractivity contribution in [3.8, 4) is 11.1 Å².